The largest absolute Gasteiger partial charge is 0.467 e. The maximum atomic E-state index is 13.1. The lowest BCUT2D eigenvalue weighted by Crippen LogP contribution is -2.40. The number of halogens is 1. The minimum atomic E-state index is -3.86. The van der Waals surface area contributed by atoms with Crippen molar-refractivity contribution in [1.82, 2.24) is 9.62 Å². The average Bonchev–Trinajstić information content (AvgIpc) is 3.26. The molecule has 27 heavy (non-hydrogen) atoms. The van der Waals surface area contributed by atoms with Crippen LogP contribution in [0.5, 0.6) is 0 Å². The van der Waals surface area contributed by atoms with Crippen LogP contribution >= 0.6 is 11.6 Å². The summed E-state index contributed by atoms with van der Waals surface area (Å²) in [5.41, 5.74) is -0.381. The summed E-state index contributed by atoms with van der Waals surface area (Å²) < 4.78 is 33.3. The molecule has 0 aliphatic heterocycles. The van der Waals surface area contributed by atoms with Gasteiger partial charge in [0.2, 0.25) is 10.0 Å². The summed E-state index contributed by atoms with van der Waals surface area (Å²) >= 11 is 6.12. The first-order valence-corrected chi connectivity index (χ1v) is 10.6. The molecule has 0 spiro atoms. The molecule has 0 radical (unpaired) electrons. The van der Waals surface area contributed by atoms with E-state index in [1.54, 1.807) is 44.1 Å². The molecule has 1 aliphatic carbocycles. The van der Waals surface area contributed by atoms with Crippen molar-refractivity contribution in [2.24, 2.45) is 0 Å². The molecule has 1 amide bonds. The quantitative estimate of drug-likeness (QED) is 0.785. The Hall–Kier alpha value is -1.83. The predicted octanol–water partition coefficient (Wildman–Crippen LogP) is 3.81. The Bertz CT molecular complexity index is 929. The van der Waals surface area contributed by atoms with Crippen molar-refractivity contribution in [2.75, 3.05) is 0 Å². The van der Waals surface area contributed by atoms with E-state index >= 15 is 0 Å². The fourth-order valence-corrected chi connectivity index (χ4v) is 4.73. The second kappa shape index (κ2) is 7.30. The third-order valence-corrected chi connectivity index (χ3v) is 6.30. The van der Waals surface area contributed by atoms with E-state index in [2.05, 4.69) is 4.72 Å². The molecular formula is C19H23ClN2O4S. The summed E-state index contributed by atoms with van der Waals surface area (Å²) in [4.78, 5) is 14.7. The van der Waals surface area contributed by atoms with Crippen molar-refractivity contribution in [1.29, 1.82) is 0 Å². The van der Waals surface area contributed by atoms with Crippen LogP contribution in [0.3, 0.4) is 0 Å². The molecule has 1 saturated carbocycles. The van der Waals surface area contributed by atoms with Crippen molar-refractivity contribution in [3.05, 3.63) is 52.9 Å². The van der Waals surface area contributed by atoms with Crippen molar-refractivity contribution in [3.8, 4) is 0 Å². The van der Waals surface area contributed by atoms with E-state index in [0.29, 0.717) is 12.3 Å². The fraction of sp³-hybridized carbons (Fsp3) is 0.421. The number of nitrogens with zero attached hydrogens (tertiary/aromatic N) is 1. The summed E-state index contributed by atoms with van der Waals surface area (Å²) in [6, 6.07) is 8.08. The van der Waals surface area contributed by atoms with Gasteiger partial charge in [-0.25, -0.2) is 13.1 Å². The SMILES string of the molecule is CC(C)(C)NS(=O)(=O)c1cc(C(=O)N(Cc2ccco2)C2CC2)ccc1Cl. The zero-order valence-electron chi connectivity index (χ0n) is 15.5. The number of hydrogen-bond donors (Lipinski definition) is 1. The molecule has 6 nitrogen and oxygen atoms in total. The molecule has 1 N–H and O–H groups in total. The third kappa shape index (κ3) is 4.91. The summed E-state index contributed by atoms with van der Waals surface area (Å²) in [5, 5.41) is 0.0762. The Morgan fingerprint density at radius 3 is 2.56 bits per heavy atom. The van der Waals surface area contributed by atoms with Crippen LogP contribution in [0.1, 0.15) is 49.7 Å². The van der Waals surface area contributed by atoms with E-state index in [4.69, 9.17) is 16.0 Å². The van der Waals surface area contributed by atoms with E-state index in [-0.39, 0.29) is 27.4 Å². The number of rotatable bonds is 6. The molecule has 146 valence electrons. The number of carbonyl (C=O) groups excluding carboxylic acids is 1. The van der Waals surface area contributed by atoms with Gasteiger partial charge in [0.05, 0.1) is 17.8 Å². The van der Waals surface area contributed by atoms with Gasteiger partial charge in [-0.2, -0.15) is 0 Å². The lowest BCUT2D eigenvalue weighted by atomic mass is 10.1. The van der Waals surface area contributed by atoms with Gasteiger partial charge in [-0.05, 0) is 63.9 Å². The summed E-state index contributed by atoms with van der Waals surface area (Å²) in [6.45, 7) is 5.57. The minimum Gasteiger partial charge on any atom is -0.467 e. The van der Waals surface area contributed by atoms with Gasteiger partial charge < -0.3 is 9.32 Å². The normalized spacial score (nSPS) is 15.0. The molecule has 0 unspecified atom stereocenters. The highest BCUT2D eigenvalue weighted by molar-refractivity contribution is 7.89. The number of sulfonamides is 1. The number of furan rings is 1. The first-order chi connectivity index (χ1) is 12.6. The van der Waals surface area contributed by atoms with Crippen LogP contribution in [0.25, 0.3) is 0 Å². The highest BCUT2D eigenvalue weighted by atomic mass is 35.5. The zero-order chi connectivity index (χ0) is 19.8. The number of amides is 1. The lowest BCUT2D eigenvalue weighted by Gasteiger charge is -2.23. The smallest absolute Gasteiger partial charge is 0.254 e. The van der Waals surface area contributed by atoms with E-state index in [1.165, 1.54) is 12.1 Å². The molecule has 1 aromatic carbocycles. The molecule has 1 heterocycles. The second-order valence-corrected chi connectivity index (χ2v) is 9.80. The van der Waals surface area contributed by atoms with Gasteiger partial charge in [0.15, 0.2) is 0 Å². The van der Waals surface area contributed by atoms with E-state index in [9.17, 15) is 13.2 Å². The average molecular weight is 411 g/mol. The van der Waals surface area contributed by atoms with Crippen LogP contribution in [-0.4, -0.2) is 30.8 Å². The molecule has 0 bridgehead atoms. The monoisotopic (exact) mass is 410 g/mol. The number of carbonyl (C=O) groups is 1. The summed E-state index contributed by atoms with van der Waals surface area (Å²) in [6.07, 6.45) is 3.42. The van der Waals surface area contributed by atoms with Gasteiger partial charge in [-0.3, -0.25) is 4.79 Å². The topological polar surface area (TPSA) is 79.6 Å². The van der Waals surface area contributed by atoms with Crippen molar-refractivity contribution < 1.29 is 17.6 Å². The molecule has 2 aromatic rings. The minimum absolute atomic E-state index is 0.0762. The highest BCUT2D eigenvalue weighted by Gasteiger charge is 2.34. The van der Waals surface area contributed by atoms with Crippen LogP contribution in [0.4, 0.5) is 0 Å². The Balaban J connectivity index is 1.91. The zero-order valence-corrected chi connectivity index (χ0v) is 17.1. The maximum Gasteiger partial charge on any atom is 0.254 e. The summed E-state index contributed by atoms with van der Waals surface area (Å²) in [5.74, 6) is 0.448. The Morgan fingerprint density at radius 2 is 2.00 bits per heavy atom. The number of hydrogen-bond acceptors (Lipinski definition) is 4. The van der Waals surface area contributed by atoms with Gasteiger partial charge >= 0.3 is 0 Å². The second-order valence-electron chi connectivity index (χ2n) is 7.74. The van der Waals surface area contributed by atoms with Crippen LogP contribution in [0.2, 0.25) is 5.02 Å². The Kier molecular flexibility index (Phi) is 5.38. The first kappa shape index (κ1) is 19.9. The Morgan fingerprint density at radius 1 is 1.30 bits per heavy atom. The maximum absolute atomic E-state index is 13.1. The molecular weight excluding hydrogens is 388 g/mol. The van der Waals surface area contributed by atoms with Crippen molar-refractivity contribution >= 4 is 27.5 Å². The molecule has 1 fully saturated rings. The van der Waals surface area contributed by atoms with Gasteiger partial charge in [0.25, 0.3) is 5.91 Å². The van der Waals surface area contributed by atoms with Crippen LogP contribution in [0, 0.1) is 0 Å². The third-order valence-electron chi connectivity index (χ3n) is 4.06. The van der Waals surface area contributed by atoms with Crippen LogP contribution < -0.4 is 4.72 Å². The number of benzene rings is 1. The van der Waals surface area contributed by atoms with Crippen molar-refractivity contribution in [3.63, 3.8) is 0 Å². The Labute approximate surface area is 164 Å². The van der Waals surface area contributed by atoms with Gasteiger partial charge in [-0.15, -0.1) is 0 Å². The van der Waals surface area contributed by atoms with Gasteiger partial charge in [-0.1, -0.05) is 11.6 Å². The standard InChI is InChI=1S/C19H23ClN2O4S/c1-19(2,3)21-27(24,25)17-11-13(6-9-16(17)20)18(23)22(14-7-8-14)12-15-5-4-10-26-15/h4-6,9-11,14,21H,7-8,12H2,1-3H3. The molecule has 3 rings (SSSR count). The predicted molar refractivity (Wildman–Crippen MR) is 103 cm³/mol. The van der Waals surface area contributed by atoms with Gasteiger partial charge in [0, 0.05) is 17.1 Å². The van der Waals surface area contributed by atoms with E-state index in [0.717, 1.165) is 12.8 Å². The summed E-state index contributed by atoms with van der Waals surface area (Å²) in [7, 11) is -3.86. The van der Waals surface area contributed by atoms with E-state index in [1.807, 2.05) is 6.07 Å². The molecule has 8 heteroatoms. The number of nitrogens with one attached hydrogen (secondary N) is 1. The van der Waals surface area contributed by atoms with Crippen molar-refractivity contribution in [2.45, 2.75) is 56.6 Å². The van der Waals surface area contributed by atoms with Crippen LogP contribution in [-0.2, 0) is 16.6 Å². The lowest BCUT2D eigenvalue weighted by molar-refractivity contribution is 0.0717. The van der Waals surface area contributed by atoms with Gasteiger partial charge in [0.1, 0.15) is 10.7 Å². The molecule has 0 atom stereocenters. The van der Waals surface area contributed by atoms with Crippen LogP contribution in [0.15, 0.2) is 45.9 Å². The fourth-order valence-electron chi connectivity index (χ4n) is 2.79. The highest BCUT2D eigenvalue weighted by Crippen LogP contribution is 2.31. The van der Waals surface area contributed by atoms with E-state index < -0.39 is 15.6 Å². The molecule has 1 aliphatic rings. The molecule has 0 saturated heterocycles. The first-order valence-electron chi connectivity index (χ1n) is 8.74. The molecule has 1 aromatic heterocycles.